The van der Waals surface area contributed by atoms with E-state index in [0.717, 1.165) is 74.8 Å². The smallest absolute Gasteiger partial charge is 0.338 e. The van der Waals surface area contributed by atoms with E-state index in [-0.39, 0.29) is 11.9 Å². The predicted molar refractivity (Wildman–Crippen MR) is 203 cm³/mol. The van der Waals surface area contributed by atoms with E-state index in [9.17, 15) is 9.59 Å². The third kappa shape index (κ3) is 13.5. The number of rotatable bonds is 18. The van der Waals surface area contributed by atoms with Crippen molar-refractivity contribution in [3.05, 3.63) is 94.0 Å². The molecule has 6 heteroatoms. The highest BCUT2D eigenvalue weighted by molar-refractivity contribution is 5.90. The van der Waals surface area contributed by atoms with Crippen molar-refractivity contribution >= 4 is 11.9 Å². The molecule has 1 saturated carbocycles. The Morgan fingerprint density at radius 1 is 0.608 bits per heavy atom. The number of carbonyl (C=O) groups excluding carboxylic acids is 2. The third-order valence-electron chi connectivity index (χ3n) is 9.18. The van der Waals surface area contributed by atoms with E-state index in [1.807, 2.05) is 36.4 Å². The third-order valence-corrected chi connectivity index (χ3v) is 9.18. The molecular formula is C45H54O6. The SMILES string of the molecule is CCCCCCOC(=O)c1ccc(C#Cc2cc(OCCCC3CCCC3)c(C#Cc3ccc(C(=O)OCCCCCC)cc3)cc2OC)cc1. The van der Waals surface area contributed by atoms with Gasteiger partial charge in [-0.1, -0.05) is 102 Å². The molecule has 0 heterocycles. The lowest BCUT2D eigenvalue weighted by atomic mass is 10.0. The quantitative estimate of drug-likeness (QED) is 0.0752. The molecule has 4 rings (SSSR count). The first kappa shape index (κ1) is 39.1. The minimum atomic E-state index is -0.314. The van der Waals surface area contributed by atoms with Crippen LogP contribution in [0.1, 0.15) is 147 Å². The largest absolute Gasteiger partial charge is 0.495 e. The molecule has 0 radical (unpaired) electrons. The van der Waals surface area contributed by atoms with E-state index in [1.54, 1.807) is 31.4 Å². The van der Waals surface area contributed by atoms with E-state index >= 15 is 0 Å². The van der Waals surface area contributed by atoms with Crippen LogP contribution in [-0.4, -0.2) is 38.9 Å². The molecule has 3 aromatic rings. The zero-order valence-corrected chi connectivity index (χ0v) is 30.8. The average Bonchev–Trinajstić information content (AvgIpc) is 3.69. The van der Waals surface area contributed by atoms with Crippen molar-refractivity contribution < 1.29 is 28.5 Å². The van der Waals surface area contributed by atoms with Gasteiger partial charge in [0.15, 0.2) is 0 Å². The van der Waals surface area contributed by atoms with Gasteiger partial charge in [0.05, 0.1) is 49.2 Å². The highest BCUT2D eigenvalue weighted by atomic mass is 16.5. The van der Waals surface area contributed by atoms with Gasteiger partial charge in [0.2, 0.25) is 0 Å². The normalized spacial score (nSPS) is 12.3. The van der Waals surface area contributed by atoms with Crippen molar-refractivity contribution in [1.82, 2.24) is 0 Å². The van der Waals surface area contributed by atoms with Crippen molar-refractivity contribution in [3.8, 4) is 35.2 Å². The lowest BCUT2D eigenvalue weighted by molar-refractivity contribution is 0.0488. The van der Waals surface area contributed by atoms with Crippen LogP contribution in [0.15, 0.2) is 60.7 Å². The van der Waals surface area contributed by atoms with Crippen LogP contribution in [0.5, 0.6) is 11.5 Å². The van der Waals surface area contributed by atoms with Gasteiger partial charge in [0.1, 0.15) is 11.5 Å². The Labute approximate surface area is 305 Å². The average molecular weight is 691 g/mol. The molecule has 0 atom stereocenters. The van der Waals surface area contributed by atoms with E-state index in [1.165, 1.54) is 32.1 Å². The zero-order chi connectivity index (χ0) is 36.1. The van der Waals surface area contributed by atoms with E-state index in [2.05, 4.69) is 37.5 Å². The molecule has 0 N–H and O–H groups in total. The summed E-state index contributed by atoms with van der Waals surface area (Å²) in [5.41, 5.74) is 3.95. The molecule has 51 heavy (non-hydrogen) atoms. The summed E-state index contributed by atoms with van der Waals surface area (Å²) in [7, 11) is 1.62. The molecule has 1 fully saturated rings. The van der Waals surface area contributed by atoms with Gasteiger partial charge in [-0.2, -0.15) is 0 Å². The number of ether oxygens (including phenoxy) is 4. The number of hydrogen-bond donors (Lipinski definition) is 0. The standard InChI is InChI=1S/C45H54O6/c1-4-6-8-12-30-50-44(46)38-24-18-36(19-25-38)22-28-40-34-43(49-32-14-17-35-15-10-11-16-35)41(33-42(40)48-3)29-23-37-20-26-39(27-21-37)45(47)51-31-13-9-7-5-2/h18-21,24-27,33-35H,4-17,30-32H2,1-3H3. The van der Waals surface area contributed by atoms with Gasteiger partial charge in [-0.3, -0.25) is 0 Å². The monoisotopic (exact) mass is 690 g/mol. The first-order chi connectivity index (χ1) is 25.0. The molecule has 6 nitrogen and oxygen atoms in total. The molecule has 0 aromatic heterocycles. The van der Waals surface area contributed by atoms with Crippen molar-refractivity contribution in [3.63, 3.8) is 0 Å². The van der Waals surface area contributed by atoms with Crippen LogP contribution in [0, 0.1) is 29.6 Å². The molecule has 1 aliphatic rings. The summed E-state index contributed by atoms with van der Waals surface area (Å²) in [4.78, 5) is 24.9. The highest BCUT2D eigenvalue weighted by Gasteiger charge is 2.15. The van der Waals surface area contributed by atoms with Crippen LogP contribution < -0.4 is 9.47 Å². The first-order valence-corrected chi connectivity index (χ1v) is 18.9. The fourth-order valence-corrected chi connectivity index (χ4v) is 6.11. The lowest BCUT2D eigenvalue weighted by Crippen LogP contribution is -2.06. The van der Waals surface area contributed by atoms with Gasteiger partial charge in [0, 0.05) is 23.3 Å². The maximum Gasteiger partial charge on any atom is 0.338 e. The summed E-state index contributed by atoms with van der Waals surface area (Å²) >= 11 is 0. The minimum absolute atomic E-state index is 0.313. The number of unbranched alkanes of at least 4 members (excludes halogenated alkanes) is 6. The maximum absolute atomic E-state index is 12.5. The molecule has 270 valence electrons. The van der Waals surface area contributed by atoms with E-state index in [0.29, 0.717) is 53.6 Å². The molecule has 0 saturated heterocycles. The minimum Gasteiger partial charge on any atom is -0.495 e. The Kier molecular flexibility index (Phi) is 17.0. The summed E-state index contributed by atoms with van der Waals surface area (Å²) in [5, 5.41) is 0. The fourth-order valence-electron chi connectivity index (χ4n) is 6.11. The van der Waals surface area contributed by atoms with Crippen molar-refractivity contribution in [1.29, 1.82) is 0 Å². The van der Waals surface area contributed by atoms with E-state index < -0.39 is 0 Å². The van der Waals surface area contributed by atoms with Crippen LogP contribution in [0.2, 0.25) is 0 Å². The van der Waals surface area contributed by atoms with Gasteiger partial charge >= 0.3 is 11.9 Å². The van der Waals surface area contributed by atoms with Gasteiger partial charge < -0.3 is 18.9 Å². The highest BCUT2D eigenvalue weighted by Crippen LogP contribution is 2.31. The molecule has 1 aliphatic carbocycles. The number of esters is 2. The van der Waals surface area contributed by atoms with Crippen LogP contribution >= 0.6 is 0 Å². The topological polar surface area (TPSA) is 71.1 Å². The summed E-state index contributed by atoms with van der Waals surface area (Å²) in [6, 6.07) is 18.1. The summed E-state index contributed by atoms with van der Waals surface area (Å²) in [6.45, 7) is 5.78. The molecular weight excluding hydrogens is 636 g/mol. The molecule has 0 aliphatic heterocycles. The predicted octanol–water partition coefficient (Wildman–Crippen LogP) is 10.3. The molecule has 0 bridgehead atoms. The summed E-state index contributed by atoms with van der Waals surface area (Å²) in [6.07, 6.45) is 15.9. The second kappa shape index (κ2) is 22.2. The number of hydrogen-bond acceptors (Lipinski definition) is 6. The Hall–Kier alpha value is -4.68. The van der Waals surface area contributed by atoms with Gasteiger partial charge in [-0.05, 0) is 80.1 Å². The lowest BCUT2D eigenvalue weighted by Gasteiger charge is -2.13. The van der Waals surface area contributed by atoms with Gasteiger partial charge in [0.25, 0.3) is 0 Å². The maximum atomic E-state index is 12.5. The Bertz CT molecular complexity index is 1640. The van der Waals surface area contributed by atoms with E-state index in [4.69, 9.17) is 18.9 Å². The molecule has 3 aromatic carbocycles. The molecule has 0 spiro atoms. The summed E-state index contributed by atoms with van der Waals surface area (Å²) in [5.74, 6) is 14.3. The number of methoxy groups -OCH3 is 1. The molecule has 0 unspecified atom stereocenters. The second-order valence-electron chi connectivity index (χ2n) is 13.2. The van der Waals surface area contributed by atoms with Crippen LogP contribution in [-0.2, 0) is 9.47 Å². The van der Waals surface area contributed by atoms with Crippen molar-refractivity contribution in [2.45, 2.75) is 104 Å². The fraction of sp³-hybridized carbons (Fsp3) is 0.467. The first-order valence-electron chi connectivity index (χ1n) is 18.9. The van der Waals surface area contributed by atoms with Gasteiger partial charge in [-0.15, -0.1) is 0 Å². The second-order valence-corrected chi connectivity index (χ2v) is 13.2. The Morgan fingerprint density at radius 3 is 1.59 bits per heavy atom. The number of benzene rings is 3. The van der Waals surface area contributed by atoms with Crippen LogP contribution in [0.4, 0.5) is 0 Å². The Morgan fingerprint density at radius 2 is 1.10 bits per heavy atom. The Balaban J connectivity index is 1.47. The van der Waals surface area contributed by atoms with Gasteiger partial charge in [-0.25, -0.2) is 9.59 Å². The zero-order valence-electron chi connectivity index (χ0n) is 30.8. The number of carbonyl (C=O) groups is 2. The van der Waals surface area contributed by atoms with Crippen LogP contribution in [0.3, 0.4) is 0 Å². The molecule has 0 amide bonds. The van der Waals surface area contributed by atoms with Crippen molar-refractivity contribution in [2.24, 2.45) is 5.92 Å². The summed E-state index contributed by atoms with van der Waals surface area (Å²) < 4.78 is 22.9. The van der Waals surface area contributed by atoms with Crippen molar-refractivity contribution in [2.75, 3.05) is 26.9 Å². The van der Waals surface area contributed by atoms with Crippen LogP contribution in [0.25, 0.3) is 0 Å².